The van der Waals surface area contributed by atoms with Crippen LogP contribution in [0.1, 0.15) is 25.3 Å². The molecular formula is C20H33N3O4. The Morgan fingerprint density at radius 3 is 2.85 bits per heavy atom. The van der Waals surface area contributed by atoms with Crippen LogP contribution in [0, 0.1) is 5.92 Å². The van der Waals surface area contributed by atoms with E-state index in [2.05, 4.69) is 22.5 Å². The minimum atomic E-state index is 0.508. The highest BCUT2D eigenvalue weighted by Crippen LogP contribution is 2.30. The van der Waals surface area contributed by atoms with Crippen molar-refractivity contribution in [2.24, 2.45) is 10.9 Å². The molecule has 1 fully saturated rings. The number of methoxy groups -OCH3 is 2. The van der Waals surface area contributed by atoms with Crippen molar-refractivity contribution in [3.63, 3.8) is 0 Å². The Morgan fingerprint density at radius 2 is 2.15 bits per heavy atom. The van der Waals surface area contributed by atoms with Crippen molar-refractivity contribution in [2.75, 3.05) is 53.7 Å². The third-order valence-corrected chi connectivity index (χ3v) is 4.37. The summed E-state index contributed by atoms with van der Waals surface area (Å²) < 4.78 is 21.9. The summed E-state index contributed by atoms with van der Waals surface area (Å²) in [7, 11) is 3.28. The van der Waals surface area contributed by atoms with Crippen LogP contribution < -0.4 is 20.1 Å². The molecule has 1 atom stereocenters. The quantitative estimate of drug-likeness (QED) is 0.349. The van der Waals surface area contributed by atoms with Gasteiger partial charge < -0.3 is 29.6 Å². The smallest absolute Gasteiger partial charge is 0.191 e. The minimum absolute atomic E-state index is 0.508. The largest absolute Gasteiger partial charge is 0.493 e. The lowest BCUT2D eigenvalue weighted by Gasteiger charge is -2.14. The molecule has 7 heteroatoms. The summed E-state index contributed by atoms with van der Waals surface area (Å²) in [5, 5.41) is 6.61. The molecule has 7 nitrogen and oxygen atoms in total. The first-order valence-electron chi connectivity index (χ1n) is 9.66. The molecule has 152 valence electrons. The van der Waals surface area contributed by atoms with Crippen molar-refractivity contribution in [2.45, 2.75) is 26.3 Å². The van der Waals surface area contributed by atoms with E-state index >= 15 is 0 Å². The van der Waals surface area contributed by atoms with Crippen LogP contribution in [0.5, 0.6) is 11.5 Å². The van der Waals surface area contributed by atoms with Gasteiger partial charge in [-0.25, -0.2) is 4.99 Å². The van der Waals surface area contributed by atoms with Gasteiger partial charge in [-0.2, -0.15) is 0 Å². The van der Waals surface area contributed by atoms with E-state index in [4.69, 9.17) is 18.9 Å². The maximum absolute atomic E-state index is 5.73. The van der Waals surface area contributed by atoms with Crippen LogP contribution in [0.25, 0.3) is 0 Å². The zero-order chi connectivity index (χ0) is 19.3. The molecule has 0 saturated carbocycles. The summed E-state index contributed by atoms with van der Waals surface area (Å²) in [6.07, 6.45) is 2.05. The van der Waals surface area contributed by atoms with Crippen molar-refractivity contribution in [3.8, 4) is 11.5 Å². The Labute approximate surface area is 162 Å². The maximum atomic E-state index is 5.73. The summed E-state index contributed by atoms with van der Waals surface area (Å²) in [5.74, 6) is 2.79. The molecule has 1 aromatic carbocycles. The van der Waals surface area contributed by atoms with Crippen LogP contribution in [0.3, 0.4) is 0 Å². The molecule has 1 aromatic rings. The number of benzene rings is 1. The maximum Gasteiger partial charge on any atom is 0.191 e. The number of ether oxygens (including phenoxy) is 4. The molecule has 1 unspecified atom stereocenters. The second-order valence-electron chi connectivity index (χ2n) is 6.43. The molecule has 0 radical (unpaired) electrons. The van der Waals surface area contributed by atoms with Crippen LogP contribution in [0.15, 0.2) is 23.2 Å². The second kappa shape index (κ2) is 12.4. The molecular weight excluding hydrogens is 346 g/mol. The molecule has 0 aromatic heterocycles. The first-order chi connectivity index (χ1) is 13.3. The predicted molar refractivity (Wildman–Crippen MR) is 107 cm³/mol. The fourth-order valence-corrected chi connectivity index (χ4v) is 2.93. The van der Waals surface area contributed by atoms with Crippen molar-refractivity contribution in [1.29, 1.82) is 0 Å². The number of rotatable bonds is 11. The molecule has 0 bridgehead atoms. The van der Waals surface area contributed by atoms with E-state index in [0.717, 1.165) is 69.6 Å². The van der Waals surface area contributed by atoms with E-state index < -0.39 is 0 Å². The average molecular weight is 380 g/mol. The molecule has 1 aliphatic rings. The van der Waals surface area contributed by atoms with Crippen LogP contribution in [0.4, 0.5) is 0 Å². The lowest BCUT2D eigenvalue weighted by atomic mass is 10.1. The fraction of sp³-hybridized carbons (Fsp3) is 0.650. The number of hydrogen-bond acceptors (Lipinski definition) is 5. The topological polar surface area (TPSA) is 73.3 Å². The summed E-state index contributed by atoms with van der Waals surface area (Å²) in [5.41, 5.74) is 0.983. The number of nitrogens with one attached hydrogen (secondary N) is 2. The standard InChI is InChI=1S/C20H33N3O4/c1-4-21-20(22-10-6-11-26-14-16-9-12-27-15-16)23-13-17-7-5-8-18(24-2)19(17)25-3/h5,7-8,16H,4,6,9-15H2,1-3H3,(H2,21,22,23). The van der Waals surface area contributed by atoms with Crippen molar-refractivity contribution in [1.82, 2.24) is 10.6 Å². The van der Waals surface area contributed by atoms with Gasteiger partial charge in [0.25, 0.3) is 0 Å². The first kappa shape index (κ1) is 21.3. The van der Waals surface area contributed by atoms with E-state index in [9.17, 15) is 0 Å². The summed E-state index contributed by atoms with van der Waals surface area (Å²) in [4.78, 5) is 4.65. The van der Waals surface area contributed by atoms with Gasteiger partial charge in [-0.3, -0.25) is 0 Å². The third-order valence-electron chi connectivity index (χ3n) is 4.37. The Morgan fingerprint density at radius 1 is 1.26 bits per heavy atom. The first-order valence-corrected chi connectivity index (χ1v) is 9.66. The number of nitrogens with zero attached hydrogens (tertiary/aromatic N) is 1. The molecule has 27 heavy (non-hydrogen) atoms. The second-order valence-corrected chi connectivity index (χ2v) is 6.43. The highest BCUT2D eigenvalue weighted by molar-refractivity contribution is 5.79. The highest BCUT2D eigenvalue weighted by Gasteiger charge is 2.15. The van der Waals surface area contributed by atoms with E-state index in [1.54, 1.807) is 14.2 Å². The van der Waals surface area contributed by atoms with Gasteiger partial charge in [-0.15, -0.1) is 0 Å². The van der Waals surface area contributed by atoms with E-state index in [-0.39, 0.29) is 0 Å². The van der Waals surface area contributed by atoms with Gasteiger partial charge in [0.2, 0.25) is 0 Å². The zero-order valence-corrected chi connectivity index (χ0v) is 16.8. The van der Waals surface area contributed by atoms with Crippen LogP contribution in [0.2, 0.25) is 0 Å². The number of guanidine groups is 1. The van der Waals surface area contributed by atoms with Gasteiger partial charge in [0, 0.05) is 37.8 Å². The van der Waals surface area contributed by atoms with Gasteiger partial charge >= 0.3 is 0 Å². The Bertz CT molecular complexity index is 574. The van der Waals surface area contributed by atoms with Crippen LogP contribution >= 0.6 is 0 Å². The van der Waals surface area contributed by atoms with Gasteiger partial charge in [0.15, 0.2) is 17.5 Å². The third kappa shape index (κ3) is 7.27. The Kier molecular flexibility index (Phi) is 9.79. The van der Waals surface area contributed by atoms with Gasteiger partial charge in [-0.05, 0) is 25.8 Å². The van der Waals surface area contributed by atoms with Crippen molar-refractivity contribution < 1.29 is 18.9 Å². The Balaban J connectivity index is 1.76. The van der Waals surface area contributed by atoms with E-state index in [1.807, 2.05) is 18.2 Å². The van der Waals surface area contributed by atoms with Crippen LogP contribution in [-0.2, 0) is 16.0 Å². The zero-order valence-electron chi connectivity index (χ0n) is 16.8. The number of para-hydroxylation sites is 1. The SMILES string of the molecule is CCNC(=NCc1cccc(OC)c1OC)NCCCOCC1CCOC1. The summed E-state index contributed by atoms with van der Waals surface area (Å²) in [6.45, 7) is 7.42. The molecule has 2 N–H and O–H groups in total. The van der Waals surface area contributed by atoms with E-state index in [0.29, 0.717) is 18.2 Å². The summed E-state index contributed by atoms with van der Waals surface area (Å²) >= 11 is 0. The predicted octanol–water partition coefficient (Wildman–Crippen LogP) is 2.20. The number of hydrogen-bond donors (Lipinski definition) is 2. The monoisotopic (exact) mass is 379 g/mol. The number of aliphatic imine (C=N–C) groups is 1. The van der Waals surface area contributed by atoms with Gasteiger partial charge in [0.1, 0.15) is 0 Å². The fourth-order valence-electron chi connectivity index (χ4n) is 2.93. The van der Waals surface area contributed by atoms with Crippen LogP contribution in [-0.4, -0.2) is 59.7 Å². The highest BCUT2D eigenvalue weighted by atomic mass is 16.5. The normalized spacial score (nSPS) is 17.0. The molecule has 1 heterocycles. The summed E-state index contributed by atoms with van der Waals surface area (Å²) in [6, 6.07) is 5.82. The van der Waals surface area contributed by atoms with E-state index in [1.165, 1.54) is 0 Å². The van der Waals surface area contributed by atoms with Crippen molar-refractivity contribution >= 4 is 5.96 Å². The molecule has 1 aliphatic heterocycles. The minimum Gasteiger partial charge on any atom is -0.493 e. The van der Waals surface area contributed by atoms with Gasteiger partial charge in [-0.1, -0.05) is 12.1 Å². The van der Waals surface area contributed by atoms with Crippen molar-refractivity contribution in [3.05, 3.63) is 23.8 Å². The lowest BCUT2D eigenvalue weighted by Crippen LogP contribution is -2.38. The molecule has 0 amide bonds. The van der Waals surface area contributed by atoms with Gasteiger partial charge in [0.05, 0.1) is 34.0 Å². The molecule has 2 rings (SSSR count). The average Bonchev–Trinajstić information content (AvgIpc) is 3.21. The molecule has 0 spiro atoms. The Hall–Kier alpha value is -1.99. The molecule has 1 saturated heterocycles. The molecule has 0 aliphatic carbocycles. The lowest BCUT2D eigenvalue weighted by molar-refractivity contribution is 0.0888.